The second kappa shape index (κ2) is 8.21. The predicted molar refractivity (Wildman–Crippen MR) is 96.8 cm³/mol. The van der Waals surface area contributed by atoms with Crippen molar-refractivity contribution in [1.29, 1.82) is 0 Å². The molecule has 7 heteroatoms. The number of halogens is 1. The van der Waals surface area contributed by atoms with Crippen molar-refractivity contribution >= 4 is 33.2 Å². The molecule has 0 radical (unpaired) electrons. The van der Waals surface area contributed by atoms with Gasteiger partial charge in [0.1, 0.15) is 0 Å². The Bertz CT molecular complexity index is 802. The molecular formula is C17H16BrN3O2S. The maximum absolute atomic E-state index is 11.9. The first-order chi connectivity index (χ1) is 11.7. The Labute approximate surface area is 152 Å². The number of nitrogens with one attached hydrogen (secondary N) is 1. The van der Waals surface area contributed by atoms with E-state index in [0.717, 1.165) is 16.5 Å². The molecule has 1 N–H and O–H groups in total. The van der Waals surface area contributed by atoms with Crippen LogP contribution in [0.5, 0.6) is 0 Å². The normalized spacial score (nSPS) is 10.7. The number of nitrogens with zero attached hydrogens (tertiary/aromatic N) is 2. The number of carbonyl (C=O) groups excluding carboxylic acids is 1. The third-order valence-corrected chi connectivity index (χ3v) is 4.93. The molecule has 2 heterocycles. The zero-order chi connectivity index (χ0) is 16.8. The lowest BCUT2D eigenvalue weighted by Crippen LogP contribution is -2.26. The summed E-state index contributed by atoms with van der Waals surface area (Å²) in [6, 6.07) is 9.93. The van der Waals surface area contributed by atoms with Crippen LogP contribution in [0.3, 0.4) is 0 Å². The van der Waals surface area contributed by atoms with Crippen LogP contribution in [-0.4, -0.2) is 22.6 Å². The molecule has 0 unspecified atom stereocenters. The lowest BCUT2D eigenvalue weighted by Gasteiger charge is -2.06. The molecule has 2 aromatic heterocycles. The molecular weight excluding hydrogens is 390 g/mol. The summed E-state index contributed by atoms with van der Waals surface area (Å²) in [6.07, 6.45) is 1.56. The summed E-state index contributed by atoms with van der Waals surface area (Å²) in [6.45, 7) is 0.603. The number of thiophene rings is 1. The second-order valence-corrected chi connectivity index (χ2v) is 6.84. The van der Waals surface area contributed by atoms with Gasteiger partial charge in [0, 0.05) is 34.8 Å². The first-order valence-corrected chi connectivity index (χ1v) is 9.31. The Morgan fingerprint density at radius 3 is 2.88 bits per heavy atom. The van der Waals surface area contributed by atoms with E-state index in [-0.39, 0.29) is 5.91 Å². The van der Waals surface area contributed by atoms with E-state index in [4.69, 9.17) is 4.42 Å². The third kappa shape index (κ3) is 4.52. The minimum absolute atomic E-state index is 0.0164. The zero-order valence-corrected chi connectivity index (χ0v) is 15.3. The van der Waals surface area contributed by atoms with Gasteiger partial charge in [-0.25, -0.2) is 0 Å². The smallest absolute Gasteiger partial charge is 0.248 e. The van der Waals surface area contributed by atoms with E-state index < -0.39 is 0 Å². The van der Waals surface area contributed by atoms with Crippen LogP contribution in [0.4, 0.5) is 0 Å². The number of hydrogen-bond donors (Lipinski definition) is 1. The molecule has 0 aliphatic carbocycles. The Hall–Kier alpha value is -1.99. The highest BCUT2D eigenvalue weighted by Gasteiger charge is 2.10. The van der Waals surface area contributed by atoms with Crippen LogP contribution in [-0.2, 0) is 17.6 Å². The number of rotatable bonds is 7. The average Bonchev–Trinajstić information content (AvgIpc) is 3.26. The van der Waals surface area contributed by atoms with Gasteiger partial charge < -0.3 is 9.73 Å². The highest BCUT2D eigenvalue weighted by molar-refractivity contribution is 9.10. The largest absolute Gasteiger partial charge is 0.421 e. The summed E-state index contributed by atoms with van der Waals surface area (Å²) in [5, 5.41) is 14.8. The minimum atomic E-state index is -0.0164. The molecule has 0 atom stereocenters. The minimum Gasteiger partial charge on any atom is -0.421 e. The molecule has 0 spiro atoms. The van der Waals surface area contributed by atoms with E-state index in [1.165, 1.54) is 5.56 Å². The Balaban J connectivity index is 1.42. The van der Waals surface area contributed by atoms with Gasteiger partial charge in [-0.15, -0.1) is 10.2 Å². The van der Waals surface area contributed by atoms with Gasteiger partial charge in [0.15, 0.2) is 0 Å². The SMILES string of the molecule is O=C(CCc1nnc(-c2ccsc2)o1)NCCc1ccccc1Br. The fourth-order valence-corrected chi connectivity index (χ4v) is 3.32. The molecule has 0 saturated carbocycles. The van der Waals surface area contributed by atoms with Gasteiger partial charge >= 0.3 is 0 Å². The Morgan fingerprint density at radius 1 is 1.21 bits per heavy atom. The van der Waals surface area contributed by atoms with Crippen molar-refractivity contribution in [2.24, 2.45) is 0 Å². The fourth-order valence-electron chi connectivity index (χ4n) is 2.20. The van der Waals surface area contributed by atoms with Crippen LogP contribution >= 0.6 is 27.3 Å². The van der Waals surface area contributed by atoms with Crippen molar-refractivity contribution in [1.82, 2.24) is 15.5 Å². The highest BCUT2D eigenvalue weighted by atomic mass is 79.9. The third-order valence-electron chi connectivity index (χ3n) is 3.48. The van der Waals surface area contributed by atoms with Crippen LogP contribution < -0.4 is 5.32 Å². The summed E-state index contributed by atoms with van der Waals surface area (Å²) in [7, 11) is 0. The molecule has 124 valence electrons. The van der Waals surface area contributed by atoms with Crippen LogP contribution in [0.15, 0.2) is 50.0 Å². The monoisotopic (exact) mass is 405 g/mol. The number of aromatic nitrogens is 2. The Kier molecular flexibility index (Phi) is 5.77. The highest BCUT2D eigenvalue weighted by Crippen LogP contribution is 2.20. The van der Waals surface area contributed by atoms with Crippen molar-refractivity contribution in [2.45, 2.75) is 19.3 Å². The fraction of sp³-hybridized carbons (Fsp3) is 0.235. The summed E-state index contributed by atoms with van der Waals surface area (Å²) >= 11 is 5.08. The maximum atomic E-state index is 11.9. The molecule has 3 aromatic rings. The first kappa shape index (κ1) is 16.9. The molecule has 0 bridgehead atoms. The van der Waals surface area contributed by atoms with E-state index in [2.05, 4.69) is 31.4 Å². The maximum Gasteiger partial charge on any atom is 0.248 e. The van der Waals surface area contributed by atoms with Crippen molar-refractivity contribution in [3.8, 4) is 11.5 Å². The van der Waals surface area contributed by atoms with Crippen LogP contribution in [0, 0.1) is 0 Å². The summed E-state index contributed by atoms with van der Waals surface area (Å²) in [5.41, 5.74) is 2.09. The van der Waals surface area contributed by atoms with Crippen molar-refractivity contribution in [3.63, 3.8) is 0 Å². The van der Waals surface area contributed by atoms with Crippen molar-refractivity contribution in [2.75, 3.05) is 6.54 Å². The second-order valence-electron chi connectivity index (χ2n) is 5.20. The average molecular weight is 406 g/mol. The van der Waals surface area contributed by atoms with Gasteiger partial charge in [-0.2, -0.15) is 11.3 Å². The molecule has 5 nitrogen and oxygen atoms in total. The summed E-state index contributed by atoms with van der Waals surface area (Å²) < 4.78 is 6.63. The number of aryl methyl sites for hydroxylation is 1. The molecule has 1 amide bonds. The Morgan fingerprint density at radius 2 is 2.08 bits per heavy atom. The number of carbonyl (C=O) groups is 1. The zero-order valence-electron chi connectivity index (χ0n) is 12.9. The molecule has 24 heavy (non-hydrogen) atoms. The molecule has 0 aliphatic rings. The molecule has 3 rings (SSSR count). The standard InChI is InChI=1S/C17H16BrN3O2S/c18-14-4-2-1-3-12(14)7-9-19-15(22)5-6-16-20-21-17(23-16)13-8-10-24-11-13/h1-4,8,10-11H,5-7,9H2,(H,19,22). The topological polar surface area (TPSA) is 68.0 Å². The molecule has 0 aliphatic heterocycles. The summed E-state index contributed by atoms with van der Waals surface area (Å²) in [4.78, 5) is 11.9. The molecule has 0 fully saturated rings. The van der Waals surface area contributed by atoms with Gasteiger partial charge in [-0.05, 0) is 29.5 Å². The van der Waals surface area contributed by atoms with Crippen LogP contribution in [0.25, 0.3) is 11.5 Å². The van der Waals surface area contributed by atoms with Gasteiger partial charge in [0.25, 0.3) is 0 Å². The van der Waals surface area contributed by atoms with E-state index in [0.29, 0.717) is 31.2 Å². The van der Waals surface area contributed by atoms with Crippen molar-refractivity contribution < 1.29 is 9.21 Å². The lowest BCUT2D eigenvalue weighted by atomic mass is 10.1. The van der Waals surface area contributed by atoms with Crippen LogP contribution in [0.1, 0.15) is 17.9 Å². The number of hydrogen-bond acceptors (Lipinski definition) is 5. The van der Waals surface area contributed by atoms with Gasteiger partial charge in [0.05, 0.1) is 0 Å². The van der Waals surface area contributed by atoms with E-state index in [1.807, 2.05) is 41.1 Å². The number of amides is 1. The molecule has 1 aromatic carbocycles. The molecule has 0 saturated heterocycles. The lowest BCUT2D eigenvalue weighted by molar-refractivity contribution is -0.121. The van der Waals surface area contributed by atoms with E-state index in [9.17, 15) is 4.79 Å². The summed E-state index contributed by atoms with van der Waals surface area (Å²) in [5.74, 6) is 0.968. The van der Waals surface area contributed by atoms with Crippen molar-refractivity contribution in [3.05, 3.63) is 57.0 Å². The number of benzene rings is 1. The van der Waals surface area contributed by atoms with Crippen LogP contribution in [0.2, 0.25) is 0 Å². The van der Waals surface area contributed by atoms with Gasteiger partial charge in [-0.3, -0.25) is 4.79 Å². The quantitative estimate of drug-likeness (QED) is 0.647. The van der Waals surface area contributed by atoms with E-state index in [1.54, 1.807) is 11.3 Å². The van der Waals surface area contributed by atoms with Gasteiger partial charge in [0.2, 0.25) is 17.7 Å². The first-order valence-electron chi connectivity index (χ1n) is 7.57. The predicted octanol–water partition coefficient (Wildman–Crippen LogP) is 3.85. The van der Waals surface area contributed by atoms with E-state index >= 15 is 0 Å². The van der Waals surface area contributed by atoms with Gasteiger partial charge in [-0.1, -0.05) is 34.1 Å².